The number of carbonyl (C=O) groups excluding carboxylic acids is 7. The third-order valence-corrected chi connectivity index (χ3v) is 3.55. The first-order chi connectivity index (χ1) is 15.3. The van der Waals surface area contributed by atoms with E-state index in [1.165, 1.54) is 0 Å². The van der Waals surface area contributed by atoms with Crippen LogP contribution in [0.2, 0.25) is 0 Å². The predicted molar refractivity (Wildman–Crippen MR) is 104 cm³/mol. The first kappa shape index (κ1) is 29.3. The van der Waals surface area contributed by atoms with Crippen LogP contribution >= 0.6 is 0 Å². The minimum Gasteiger partial charge on any atom is -0.468 e. The quantitative estimate of drug-likeness (QED) is 0.255. The van der Waals surface area contributed by atoms with E-state index < -0.39 is 79.3 Å². The van der Waals surface area contributed by atoms with E-state index in [9.17, 15) is 33.6 Å². The number of esters is 6. The normalized spacial score (nSPS) is 13.8. The highest BCUT2D eigenvalue weighted by atomic mass is 16.6. The molecule has 14 nitrogen and oxygen atoms in total. The van der Waals surface area contributed by atoms with Gasteiger partial charge in [-0.05, 0) is 0 Å². The minimum absolute atomic E-state index is 0.640. The lowest BCUT2D eigenvalue weighted by atomic mass is 10.0. The fourth-order valence-corrected chi connectivity index (χ4v) is 2.43. The smallest absolute Gasteiger partial charge is 0.325 e. The highest BCUT2D eigenvalue weighted by Gasteiger charge is 2.46. The van der Waals surface area contributed by atoms with Gasteiger partial charge in [0.1, 0.15) is 13.2 Å². The highest BCUT2D eigenvalue weighted by Crippen LogP contribution is 2.20. The summed E-state index contributed by atoms with van der Waals surface area (Å²) in [6.07, 6.45) is -7.21. The molecule has 0 aromatic rings. The van der Waals surface area contributed by atoms with Crippen LogP contribution in [0.3, 0.4) is 0 Å². The maximum atomic E-state index is 12.7. The molecule has 0 saturated carbocycles. The molecule has 0 aromatic carbocycles. The molecule has 0 fully saturated rings. The number of nitrogens with one attached hydrogen (secondary N) is 1. The Kier molecular flexibility index (Phi) is 12.8. The van der Waals surface area contributed by atoms with Crippen LogP contribution < -0.4 is 5.32 Å². The minimum atomic E-state index is -1.98. The summed E-state index contributed by atoms with van der Waals surface area (Å²) in [5.41, 5.74) is 0. The first-order valence-electron chi connectivity index (χ1n) is 9.45. The molecular weight excluding hydrogens is 450 g/mol. The summed E-state index contributed by atoms with van der Waals surface area (Å²) in [4.78, 5) is 82.1. The Labute approximate surface area is 189 Å². The van der Waals surface area contributed by atoms with Crippen LogP contribution in [0.5, 0.6) is 0 Å². The zero-order valence-corrected chi connectivity index (χ0v) is 19.0. The number of rotatable bonds is 12. The fourth-order valence-electron chi connectivity index (χ4n) is 2.43. The summed E-state index contributed by atoms with van der Waals surface area (Å²) in [5.74, 6) is -6.63. The Morgan fingerprint density at radius 3 is 1.58 bits per heavy atom. The van der Waals surface area contributed by atoms with Gasteiger partial charge in [0.2, 0.25) is 6.10 Å². The molecule has 0 radical (unpaired) electrons. The Balaban J connectivity index is 6.39. The summed E-state index contributed by atoms with van der Waals surface area (Å²) >= 11 is 0. The van der Waals surface area contributed by atoms with E-state index in [0.717, 1.165) is 41.7 Å². The number of methoxy groups -OCH3 is 1. The number of carbonyl (C=O) groups is 7. The Bertz CT molecular complexity index is 763. The monoisotopic (exact) mass is 477 g/mol. The van der Waals surface area contributed by atoms with E-state index in [0.29, 0.717) is 0 Å². The Hall–Kier alpha value is -3.71. The average molecular weight is 477 g/mol. The highest BCUT2D eigenvalue weighted by molar-refractivity contribution is 5.87. The van der Waals surface area contributed by atoms with Crippen LogP contribution in [-0.4, -0.2) is 86.4 Å². The van der Waals surface area contributed by atoms with E-state index >= 15 is 0 Å². The lowest BCUT2D eigenvalue weighted by Gasteiger charge is -2.34. The van der Waals surface area contributed by atoms with Crippen molar-refractivity contribution < 1.29 is 62.0 Å². The summed E-state index contributed by atoms with van der Waals surface area (Å²) < 4.78 is 29.4. The molecule has 14 heteroatoms. The number of hydrogen-bond acceptors (Lipinski definition) is 13. The van der Waals surface area contributed by atoms with Crippen LogP contribution in [0.15, 0.2) is 0 Å². The lowest BCUT2D eigenvalue weighted by Crippen LogP contribution is -2.57. The van der Waals surface area contributed by atoms with E-state index in [4.69, 9.17) is 23.7 Å². The number of ether oxygens (including phenoxy) is 6. The topological polar surface area (TPSA) is 187 Å². The molecule has 0 aliphatic rings. The second kappa shape index (κ2) is 14.4. The first-order valence-corrected chi connectivity index (χ1v) is 9.45. The zero-order chi connectivity index (χ0) is 25.7. The molecule has 33 heavy (non-hydrogen) atoms. The molecule has 4 atom stereocenters. The van der Waals surface area contributed by atoms with Crippen molar-refractivity contribution in [2.24, 2.45) is 0 Å². The van der Waals surface area contributed by atoms with Gasteiger partial charge in [-0.15, -0.1) is 0 Å². The van der Waals surface area contributed by atoms with E-state index in [1.807, 2.05) is 0 Å². The number of hydrogen-bond donors (Lipinski definition) is 1. The summed E-state index contributed by atoms with van der Waals surface area (Å²) in [6.45, 7) is 3.60. The molecular formula is C19H27NO13. The Morgan fingerprint density at radius 1 is 0.667 bits per heavy atom. The van der Waals surface area contributed by atoms with Crippen LogP contribution in [0.25, 0.3) is 0 Å². The van der Waals surface area contributed by atoms with Crippen molar-refractivity contribution in [3.8, 4) is 0 Å². The van der Waals surface area contributed by atoms with Crippen LogP contribution in [0.4, 0.5) is 0 Å². The standard InChI is InChI=1S/C19H27NO13/c1-9(21)29-8-14(30-10(2)22)16(31-11(3)23)17(32-12(4)24)18(33-13(5)25)19(27)20-7-15(26)28-6/h14,16-18H,7-8H2,1-6H3,(H,20,27)/t14-,16-,17+,18+/m1/s1. The molecule has 0 heterocycles. The predicted octanol–water partition coefficient (Wildman–Crippen LogP) is -1.43. The molecule has 1 amide bonds. The maximum absolute atomic E-state index is 12.7. The zero-order valence-electron chi connectivity index (χ0n) is 19.0. The summed E-state index contributed by atoms with van der Waals surface area (Å²) in [7, 11) is 1.06. The number of amides is 1. The van der Waals surface area contributed by atoms with Crippen molar-refractivity contribution in [1.82, 2.24) is 5.32 Å². The van der Waals surface area contributed by atoms with Crippen molar-refractivity contribution in [3.05, 3.63) is 0 Å². The largest absolute Gasteiger partial charge is 0.468 e. The van der Waals surface area contributed by atoms with Gasteiger partial charge in [0, 0.05) is 34.6 Å². The molecule has 0 rings (SSSR count). The molecule has 0 saturated heterocycles. The lowest BCUT2D eigenvalue weighted by molar-refractivity contribution is -0.203. The second-order valence-electron chi connectivity index (χ2n) is 6.42. The van der Waals surface area contributed by atoms with Crippen LogP contribution in [0.1, 0.15) is 34.6 Å². The van der Waals surface area contributed by atoms with Gasteiger partial charge in [0.05, 0.1) is 7.11 Å². The van der Waals surface area contributed by atoms with Crippen molar-refractivity contribution in [2.45, 2.75) is 59.0 Å². The van der Waals surface area contributed by atoms with Gasteiger partial charge in [0.25, 0.3) is 5.91 Å². The summed E-state index contributed by atoms with van der Waals surface area (Å²) in [6, 6.07) is 0. The molecule has 186 valence electrons. The van der Waals surface area contributed by atoms with Crippen molar-refractivity contribution in [3.63, 3.8) is 0 Å². The SMILES string of the molecule is COC(=O)CNC(=O)[C@@H](OC(C)=O)[C@@H](OC(C)=O)[C@H](OC(C)=O)[C@@H](COC(C)=O)OC(C)=O. The summed E-state index contributed by atoms with van der Waals surface area (Å²) in [5, 5.41) is 2.12. The molecule has 0 aromatic heterocycles. The molecule has 1 N–H and O–H groups in total. The molecule has 0 spiro atoms. The van der Waals surface area contributed by atoms with Crippen molar-refractivity contribution >= 4 is 41.7 Å². The third kappa shape index (κ3) is 12.0. The molecule has 0 aliphatic heterocycles. The van der Waals surface area contributed by atoms with Crippen LogP contribution in [-0.2, 0) is 62.0 Å². The average Bonchev–Trinajstić information content (AvgIpc) is 2.69. The van der Waals surface area contributed by atoms with E-state index in [1.54, 1.807) is 0 Å². The van der Waals surface area contributed by atoms with Gasteiger partial charge < -0.3 is 33.7 Å². The van der Waals surface area contributed by atoms with Gasteiger partial charge in [0.15, 0.2) is 18.3 Å². The van der Waals surface area contributed by atoms with Gasteiger partial charge >= 0.3 is 35.8 Å². The van der Waals surface area contributed by atoms with Gasteiger partial charge in [-0.1, -0.05) is 0 Å². The van der Waals surface area contributed by atoms with Gasteiger partial charge in [-0.25, -0.2) is 0 Å². The molecule has 0 bridgehead atoms. The maximum Gasteiger partial charge on any atom is 0.325 e. The Morgan fingerprint density at radius 2 is 1.15 bits per heavy atom. The second-order valence-corrected chi connectivity index (χ2v) is 6.42. The van der Waals surface area contributed by atoms with Gasteiger partial charge in [-0.3, -0.25) is 33.6 Å². The van der Waals surface area contributed by atoms with Crippen molar-refractivity contribution in [1.29, 1.82) is 0 Å². The van der Waals surface area contributed by atoms with Crippen LogP contribution in [0, 0.1) is 0 Å². The molecule has 0 unspecified atom stereocenters. The third-order valence-electron chi connectivity index (χ3n) is 3.55. The van der Waals surface area contributed by atoms with E-state index in [2.05, 4.69) is 10.1 Å². The fraction of sp³-hybridized carbons (Fsp3) is 0.632. The van der Waals surface area contributed by atoms with Gasteiger partial charge in [-0.2, -0.15) is 0 Å². The van der Waals surface area contributed by atoms with E-state index in [-0.39, 0.29) is 0 Å². The van der Waals surface area contributed by atoms with Crippen molar-refractivity contribution in [2.75, 3.05) is 20.3 Å². The molecule has 0 aliphatic carbocycles.